The fourth-order valence-corrected chi connectivity index (χ4v) is 3.15. The largest absolute Gasteiger partial charge is 0.481 e. The van der Waals surface area contributed by atoms with Gasteiger partial charge < -0.3 is 14.7 Å². The van der Waals surface area contributed by atoms with E-state index in [1.165, 1.54) is 0 Å². The molecule has 2 aliphatic heterocycles. The van der Waals surface area contributed by atoms with Crippen molar-refractivity contribution in [3.05, 3.63) is 0 Å². The standard InChI is InChI=1S/C11H17NO3/c13-10(14)11-3-9(11)5-12(7-11)4-8-1-2-15-6-8/h8-9H,1-7H2,(H,13,14). The topological polar surface area (TPSA) is 49.8 Å². The maximum atomic E-state index is 11.1. The molecule has 3 rings (SSSR count). The summed E-state index contributed by atoms with van der Waals surface area (Å²) in [7, 11) is 0. The van der Waals surface area contributed by atoms with Crippen molar-refractivity contribution in [2.24, 2.45) is 17.3 Å². The van der Waals surface area contributed by atoms with Gasteiger partial charge in [-0.05, 0) is 24.7 Å². The number of carboxylic acids is 1. The molecule has 3 unspecified atom stereocenters. The van der Waals surface area contributed by atoms with Crippen LogP contribution in [0.15, 0.2) is 0 Å². The van der Waals surface area contributed by atoms with E-state index in [1.54, 1.807) is 0 Å². The van der Waals surface area contributed by atoms with Crippen molar-refractivity contribution in [3.63, 3.8) is 0 Å². The summed E-state index contributed by atoms with van der Waals surface area (Å²) < 4.78 is 5.34. The number of rotatable bonds is 3. The molecule has 4 heteroatoms. The number of aliphatic carboxylic acids is 1. The van der Waals surface area contributed by atoms with Crippen LogP contribution in [-0.4, -0.2) is 48.8 Å². The Kier molecular flexibility index (Phi) is 2.04. The van der Waals surface area contributed by atoms with Crippen LogP contribution in [0.1, 0.15) is 12.8 Å². The van der Waals surface area contributed by atoms with Gasteiger partial charge in [0.05, 0.1) is 12.0 Å². The van der Waals surface area contributed by atoms with Crippen molar-refractivity contribution >= 4 is 5.97 Å². The van der Waals surface area contributed by atoms with E-state index in [4.69, 9.17) is 9.84 Å². The van der Waals surface area contributed by atoms with E-state index in [1.807, 2.05) is 0 Å². The molecule has 1 aliphatic carbocycles. The maximum absolute atomic E-state index is 11.1. The maximum Gasteiger partial charge on any atom is 0.311 e. The highest BCUT2D eigenvalue weighted by Crippen LogP contribution is 2.57. The lowest BCUT2D eigenvalue weighted by Gasteiger charge is -2.21. The lowest BCUT2D eigenvalue weighted by Crippen LogP contribution is -2.32. The SMILES string of the molecule is O=C(O)C12CC1CN(CC1CCOC1)C2. The van der Waals surface area contributed by atoms with Crippen LogP contribution >= 0.6 is 0 Å². The Morgan fingerprint density at radius 3 is 3.07 bits per heavy atom. The summed E-state index contributed by atoms with van der Waals surface area (Å²) >= 11 is 0. The first-order valence-electron chi connectivity index (χ1n) is 5.74. The second-order valence-electron chi connectivity index (χ2n) is 5.29. The molecule has 0 aromatic rings. The molecular formula is C11H17NO3. The number of carbonyl (C=O) groups is 1. The van der Waals surface area contributed by atoms with Gasteiger partial charge in [0.15, 0.2) is 0 Å². The van der Waals surface area contributed by atoms with Gasteiger partial charge in [-0.25, -0.2) is 0 Å². The number of hydrogen-bond acceptors (Lipinski definition) is 3. The van der Waals surface area contributed by atoms with Crippen LogP contribution in [0.5, 0.6) is 0 Å². The van der Waals surface area contributed by atoms with E-state index in [2.05, 4.69) is 4.90 Å². The van der Waals surface area contributed by atoms with Gasteiger partial charge in [-0.1, -0.05) is 0 Å². The molecule has 84 valence electrons. The van der Waals surface area contributed by atoms with Crippen LogP contribution < -0.4 is 0 Å². The first-order valence-corrected chi connectivity index (χ1v) is 5.74. The molecule has 4 nitrogen and oxygen atoms in total. The Hall–Kier alpha value is -0.610. The second-order valence-corrected chi connectivity index (χ2v) is 5.29. The first kappa shape index (κ1) is 9.60. The molecule has 3 atom stereocenters. The fourth-order valence-electron chi connectivity index (χ4n) is 3.15. The monoisotopic (exact) mass is 211 g/mol. The molecule has 2 saturated heterocycles. The normalized spacial score (nSPS) is 44.3. The molecule has 3 fully saturated rings. The molecule has 0 spiro atoms. The number of fused-ring (bicyclic) bond motifs is 1. The highest BCUT2D eigenvalue weighted by Gasteiger charge is 2.65. The lowest BCUT2D eigenvalue weighted by molar-refractivity contribution is -0.143. The Bertz CT molecular complexity index is 288. The molecule has 0 amide bonds. The molecule has 0 radical (unpaired) electrons. The van der Waals surface area contributed by atoms with E-state index in [0.29, 0.717) is 11.8 Å². The summed E-state index contributed by atoms with van der Waals surface area (Å²) in [5.41, 5.74) is -0.362. The van der Waals surface area contributed by atoms with E-state index in [0.717, 1.165) is 45.7 Å². The zero-order valence-electron chi connectivity index (χ0n) is 8.82. The summed E-state index contributed by atoms with van der Waals surface area (Å²) in [6, 6.07) is 0. The van der Waals surface area contributed by atoms with Gasteiger partial charge in [-0.2, -0.15) is 0 Å². The van der Waals surface area contributed by atoms with Gasteiger partial charge in [0.2, 0.25) is 0 Å². The van der Waals surface area contributed by atoms with Gasteiger partial charge in [-0.3, -0.25) is 4.79 Å². The van der Waals surface area contributed by atoms with Gasteiger partial charge >= 0.3 is 5.97 Å². The number of ether oxygens (including phenoxy) is 1. The highest BCUT2D eigenvalue weighted by atomic mass is 16.5. The summed E-state index contributed by atoms with van der Waals surface area (Å²) in [5.74, 6) is 0.475. The molecule has 15 heavy (non-hydrogen) atoms. The van der Waals surface area contributed by atoms with Gasteiger partial charge in [0, 0.05) is 26.2 Å². The van der Waals surface area contributed by atoms with Crippen molar-refractivity contribution in [1.29, 1.82) is 0 Å². The van der Waals surface area contributed by atoms with E-state index >= 15 is 0 Å². The first-order chi connectivity index (χ1) is 7.21. The van der Waals surface area contributed by atoms with Crippen LogP contribution in [0.4, 0.5) is 0 Å². The van der Waals surface area contributed by atoms with Crippen molar-refractivity contribution in [2.75, 3.05) is 32.8 Å². The Morgan fingerprint density at radius 2 is 2.47 bits per heavy atom. The van der Waals surface area contributed by atoms with Crippen molar-refractivity contribution in [1.82, 2.24) is 4.90 Å². The van der Waals surface area contributed by atoms with Gasteiger partial charge in [0.1, 0.15) is 0 Å². The summed E-state index contributed by atoms with van der Waals surface area (Å²) in [6.45, 7) is 4.53. The third-order valence-corrected chi connectivity index (χ3v) is 4.18. The number of nitrogens with zero attached hydrogens (tertiary/aromatic N) is 1. The quantitative estimate of drug-likeness (QED) is 0.735. The third kappa shape index (κ3) is 1.47. The number of piperidine rings is 1. The van der Waals surface area contributed by atoms with Crippen LogP contribution in [0, 0.1) is 17.3 Å². The van der Waals surface area contributed by atoms with E-state index in [-0.39, 0.29) is 5.41 Å². The zero-order chi connectivity index (χ0) is 10.5. The molecule has 1 saturated carbocycles. The molecule has 1 N–H and O–H groups in total. The van der Waals surface area contributed by atoms with Crippen LogP contribution in [0.3, 0.4) is 0 Å². The number of carboxylic acid groups (broad SMARTS) is 1. The Morgan fingerprint density at radius 1 is 1.60 bits per heavy atom. The Labute approximate surface area is 89.2 Å². The zero-order valence-corrected chi connectivity index (χ0v) is 8.82. The predicted octanol–water partition coefficient (Wildman–Crippen LogP) is 0.429. The van der Waals surface area contributed by atoms with E-state index in [9.17, 15) is 4.79 Å². The lowest BCUT2D eigenvalue weighted by atomic mass is 10.1. The van der Waals surface area contributed by atoms with Crippen LogP contribution in [-0.2, 0) is 9.53 Å². The summed E-state index contributed by atoms with van der Waals surface area (Å²) in [4.78, 5) is 13.4. The molecule has 0 aromatic heterocycles. The second kappa shape index (κ2) is 3.19. The van der Waals surface area contributed by atoms with Crippen LogP contribution in [0.2, 0.25) is 0 Å². The molecule has 0 bridgehead atoms. The predicted molar refractivity (Wildman–Crippen MR) is 53.5 cm³/mol. The Balaban J connectivity index is 1.56. The average Bonchev–Trinajstić information content (AvgIpc) is 2.64. The van der Waals surface area contributed by atoms with Crippen LogP contribution in [0.25, 0.3) is 0 Å². The minimum Gasteiger partial charge on any atom is -0.481 e. The third-order valence-electron chi connectivity index (χ3n) is 4.18. The van der Waals surface area contributed by atoms with Crippen molar-refractivity contribution in [2.45, 2.75) is 12.8 Å². The number of hydrogen-bond donors (Lipinski definition) is 1. The summed E-state index contributed by atoms with van der Waals surface area (Å²) in [6.07, 6.45) is 2.04. The van der Waals surface area contributed by atoms with Crippen molar-refractivity contribution in [3.8, 4) is 0 Å². The fraction of sp³-hybridized carbons (Fsp3) is 0.909. The summed E-state index contributed by atoms with van der Waals surface area (Å²) in [5, 5.41) is 9.14. The molecule has 3 aliphatic rings. The minimum absolute atomic E-state index is 0.362. The molecule has 0 aromatic carbocycles. The van der Waals surface area contributed by atoms with Gasteiger partial charge in [0.25, 0.3) is 0 Å². The number of likely N-dealkylation sites (tertiary alicyclic amines) is 1. The average molecular weight is 211 g/mol. The molecular weight excluding hydrogens is 194 g/mol. The smallest absolute Gasteiger partial charge is 0.311 e. The van der Waals surface area contributed by atoms with E-state index < -0.39 is 5.97 Å². The van der Waals surface area contributed by atoms with Gasteiger partial charge in [-0.15, -0.1) is 0 Å². The van der Waals surface area contributed by atoms with Crippen molar-refractivity contribution < 1.29 is 14.6 Å². The minimum atomic E-state index is -0.585. The molecule has 2 heterocycles. The highest BCUT2D eigenvalue weighted by molar-refractivity contribution is 5.79.